The molecule has 0 aliphatic heterocycles. The molecular weight excluding hydrogens is 272 g/mol. The van der Waals surface area contributed by atoms with Gasteiger partial charge in [0.1, 0.15) is 12.2 Å². The van der Waals surface area contributed by atoms with Crippen LogP contribution in [0.1, 0.15) is 20.3 Å². The number of carbonyl (C=O) groups is 2. The predicted octanol–water partition coefficient (Wildman–Crippen LogP) is 1.56. The Morgan fingerprint density at radius 3 is 2.38 bits per heavy atom. The first-order valence-corrected chi connectivity index (χ1v) is 6.83. The van der Waals surface area contributed by atoms with E-state index in [1.807, 2.05) is 13.8 Å². The van der Waals surface area contributed by atoms with E-state index >= 15 is 0 Å². The molecule has 0 aliphatic rings. The van der Waals surface area contributed by atoms with Crippen molar-refractivity contribution in [2.75, 3.05) is 25.6 Å². The van der Waals surface area contributed by atoms with Crippen LogP contribution < -0.4 is 15.4 Å². The third-order valence-corrected chi connectivity index (χ3v) is 2.46. The van der Waals surface area contributed by atoms with E-state index in [1.165, 1.54) is 0 Å². The lowest BCUT2D eigenvalue weighted by atomic mass is 10.3. The van der Waals surface area contributed by atoms with Crippen LogP contribution in [0.3, 0.4) is 0 Å². The van der Waals surface area contributed by atoms with Gasteiger partial charge in [-0.25, -0.2) is 0 Å². The monoisotopic (exact) mass is 294 g/mol. The first kappa shape index (κ1) is 17.0. The first-order valence-electron chi connectivity index (χ1n) is 6.83. The summed E-state index contributed by atoms with van der Waals surface area (Å²) in [6, 6.07) is 7.01. The lowest BCUT2D eigenvalue weighted by Crippen LogP contribution is -2.30. The largest absolute Gasteiger partial charge is 0.491 e. The van der Waals surface area contributed by atoms with E-state index in [1.54, 1.807) is 31.4 Å². The smallest absolute Gasteiger partial charge is 0.233 e. The highest BCUT2D eigenvalue weighted by Crippen LogP contribution is 2.16. The van der Waals surface area contributed by atoms with Gasteiger partial charge >= 0.3 is 0 Å². The second kappa shape index (κ2) is 8.97. The van der Waals surface area contributed by atoms with Crippen molar-refractivity contribution in [1.82, 2.24) is 5.32 Å². The van der Waals surface area contributed by atoms with Gasteiger partial charge in [-0.3, -0.25) is 9.59 Å². The van der Waals surface area contributed by atoms with E-state index in [2.05, 4.69) is 10.6 Å². The van der Waals surface area contributed by atoms with Gasteiger partial charge in [-0.05, 0) is 38.1 Å². The van der Waals surface area contributed by atoms with Crippen molar-refractivity contribution in [3.05, 3.63) is 24.3 Å². The minimum atomic E-state index is -0.359. The van der Waals surface area contributed by atoms with Gasteiger partial charge in [-0.2, -0.15) is 0 Å². The fourth-order valence-electron chi connectivity index (χ4n) is 1.60. The Kier molecular flexibility index (Phi) is 7.25. The second-order valence-corrected chi connectivity index (χ2v) is 4.76. The molecule has 1 aromatic carbocycles. The molecule has 0 atom stereocenters. The van der Waals surface area contributed by atoms with Crippen LogP contribution in [0.4, 0.5) is 5.69 Å². The number of nitrogens with one attached hydrogen (secondary N) is 2. The average Bonchev–Trinajstić information content (AvgIpc) is 2.40. The molecule has 0 heterocycles. The molecule has 0 saturated heterocycles. The maximum atomic E-state index is 11.7. The summed E-state index contributed by atoms with van der Waals surface area (Å²) in [4.78, 5) is 23.1. The van der Waals surface area contributed by atoms with E-state index < -0.39 is 0 Å². The molecule has 0 unspecified atom stereocenters. The molecular formula is C15H22N2O4. The Morgan fingerprint density at radius 2 is 1.81 bits per heavy atom. The van der Waals surface area contributed by atoms with Crippen LogP contribution in [-0.4, -0.2) is 38.2 Å². The molecule has 1 aromatic rings. The SMILES string of the molecule is COCCNC(=O)CC(=O)Nc1ccc(OC(C)C)cc1. The Labute approximate surface area is 124 Å². The number of ether oxygens (including phenoxy) is 2. The predicted molar refractivity (Wildman–Crippen MR) is 80.3 cm³/mol. The zero-order chi connectivity index (χ0) is 15.7. The van der Waals surface area contributed by atoms with Crippen LogP contribution in [0, 0.1) is 0 Å². The number of hydrogen-bond acceptors (Lipinski definition) is 4. The van der Waals surface area contributed by atoms with E-state index in [0.717, 1.165) is 5.75 Å². The van der Waals surface area contributed by atoms with E-state index in [0.29, 0.717) is 18.8 Å². The third kappa shape index (κ3) is 7.31. The second-order valence-electron chi connectivity index (χ2n) is 4.76. The minimum absolute atomic E-state index is 0.0984. The van der Waals surface area contributed by atoms with Gasteiger partial charge in [0, 0.05) is 19.3 Å². The number of anilines is 1. The number of carbonyl (C=O) groups excluding carboxylic acids is 2. The summed E-state index contributed by atoms with van der Waals surface area (Å²) in [5.74, 6) is 0.0482. The maximum Gasteiger partial charge on any atom is 0.233 e. The summed E-state index contributed by atoms with van der Waals surface area (Å²) in [5, 5.41) is 5.24. The summed E-state index contributed by atoms with van der Waals surface area (Å²) in [5.41, 5.74) is 0.626. The molecule has 21 heavy (non-hydrogen) atoms. The van der Waals surface area contributed by atoms with Gasteiger partial charge in [-0.15, -0.1) is 0 Å². The van der Waals surface area contributed by atoms with Crippen molar-refractivity contribution >= 4 is 17.5 Å². The van der Waals surface area contributed by atoms with Gasteiger partial charge in [0.15, 0.2) is 0 Å². The van der Waals surface area contributed by atoms with Gasteiger partial charge in [0.05, 0.1) is 12.7 Å². The molecule has 1 rings (SSSR count). The molecule has 116 valence electrons. The molecule has 0 aliphatic carbocycles. The summed E-state index contributed by atoms with van der Waals surface area (Å²) in [6.45, 7) is 4.70. The fraction of sp³-hybridized carbons (Fsp3) is 0.467. The van der Waals surface area contributed by atoms with E-state index in [9.17, 15) is 9.59 Å². The molecule has 6 nitrogen and oxygen atoms in total. The molecule has 0 saturated carbocycles. The van der Waals surface area contributed by atoms with Crippen LogP contribution in [0.15, 0.2) is 24.3 Å². The number of hydrogen-bond donors (Lipinski definition) is 2. The minimum Gasteiger partial charge on any atom is -0.491 e. The zero-order valence-corrected chi connectivity index (χ0v) is 12.6. The Balaban J connectivity index is 2.38. The first-order chi connectivity index (χ1) is 10.0. The number of rotatable bonds is 8. The number of benzene rings is 1. The standard InChI is InChI=1S/C15H22N2O4/c1-11(2)21-13-6-4-12(5-7-13)17-15(19)10-14(18)16-8-9-20-3/h4-7,11H,8-10H2,1-3H3,(H,16,18)(H,17,19). The summed E-state index contributed by atoms with van der Waals surface area (Å²) in [6.07, 6.45) is -0.116. The van der Waals surface area contributed by atoms with Gasteiger partial charge < -0.3 is 20.1 Å². The quantitative estimate of drug-likeness (QED) is 0.563. The summed E-state index contributed by atoms with van der Waals surface area (Å²) >= 11 is 0. The van der Waals surface area contributed by atoms with Gasteiger partial charge in [0.25, 0.3) is 0 Å². The third-order valence-electron chi connectivity index (χ3n) is 2.46. The molecule has 2 amide bonds. The maximum absolute atomic E-state index is 11.7. The van der Waals surface area contributed by atoms with E-state index in [4.69, 9.17) is 9.47 Å². The Morgan fingerprint density at radius 1 is 1.14 bits per heavy atom. The van der Waals surface area contributed by atoms with Crippen molar-refractivity contribution in [1.29, 1.82) is 0 Å². The van der Waals surface area contributed by atoms with E-state index in [-0.39, 0.29) is 24.3 Å². The Hall–Kier alpha value is -2.08. The number of methoxy groups -OCH3 is 1. The van der Waals surface area contributed by atoms with Gasteiger partial charge in [0.2, 0.25) is 11.8 Å². The average molecular weight is 294 g/mol. The zero-order valence-electron chi connectivity index (χ0n) is 12.6. The molecule has 0 fully saturated rings. The molecule has 0 radical (unpaired) electrons. The Bertz CT molecular complexity index is 457. The molecule has 0 spiro atoms. The summed E-state index contributed by atoms with van der Waals surface area (Å²) in [7, 11) is 1.55. The highest BCUT2D eigenvalue weighted by molar-refractivity contribution is 6.03. The summed E-state index contributed by atoms with van der Waals surface area (Å²) < 4.78 is 10.3. The highest BCUT2D eigenvalue weighted by Gasteiger charge is 2.09. The lowest BCUT2D eigenvalue weighted by Gasteiger charge is -2.10. The topological polar surface area (TPSA) is 76.7 Å². The molecule has 6 heteroatoms. The van der Waals surface area contributed by atoms with Crippen LogP contribution >= 0.6 is 0 Å². The fourth-order valence-corrected chi connectivity index (χ4v) is 1.60. The van der Waals surface area contributed by atoms with Crippen LogP contribution in [0.2, 0.25) is 0 Å². The lowest BCUT2D eigenvalue weighted by molar-refractivity contribution is -0.126. The van der Waals surface area contributed by atoms with Crippen molar-refractivity contribution in [3.63, 3.8) is 0 Å². The van der Waals surface area contributed by atoms with Crippen molar-refractivity contribution in [2.45, 2.75) is 26.4 Å². The van der Waals surface area contributed by atoms with Crippen molar-refractivity contribution in [3.8, 4) is 5.75 Å². The van der Waals surface area contributed by atoms with Crippen LogP contribution in [0.25, 0.3) is 0 Å². The normalized spacial score (nSPS) is 10.3. The molecule has 0 bridgehead atoms. The molecule has 0 aromatic heterocycles. The van der Waals surface area contributed by atoms with Crippen LogP contribution in [-0.2, 0) is 14.3 Å². The van der Waals surface area contributed by atoms with Gasteiger partial charge in [-0.1, -0.05) is 0 Å². The van der Waals surface area contributed by atoms with Crippen molar-refractivity contribution in [2.24, 2.45) is 0 Å². The highest BCUT2D eigenvalue weighted by atomic mass is 16.5. The number of amides is 2. The van der Waals surface area contributed by atoms with Crippen LogP contribution in [0.5, 0.6) is 5.75 Å². The molecule has 2 N–H and O–H groups in total. The van der Waals surface area contributed by atoms with Crippen molar-refractivity contribution < 1.29 is 19.1 Å².